The molecule has 164 valence electrons. The number of benzene rings is 2. The average molecular weight is 415 g/mol. The summed E-state index contributed by atoms with van der Waals surface area (Å²) in [5.74, 6) is 3.18. The van der Waals surface area contributed by atoms with Crippen molar-refractivity contribution in [2.75, 3.05) is 7.11 Å². The Hall–Kier alpha value is -2.28. The van der Waals surface area contributed by atoms with E-state index < -0.39 is 0 Å². The van der Waals surface area contributed by atoms with Crippen LogP contribution < -0.4 is 4.74 Å². The molecule has 4 rings (SSSR count). The predicted octanol–water partition coefficient (Wildman–Crippen LogP) is 8.68. The minimum absolute atomic E-state index is 0.474. The maximum Gasteiger partial charge on any atom is 0.126 e. The first-order chi connectivity index (χ1) is 15.3. The molecular weight excluding hydrogens is 376 g/mol. The smallest absolute Gasteiger partial charge is 0.126 e. The van der Waals surface area contributed by atoms with Gasteiger partial charge in [0.25, 0.3) is 0 Å². The van der Waals surface area contributed by atoms with E-state index in [1.54, 1.807) is 12.7 Å². The molecular formula is C30H38O. The second kappa shape index (κ2) is 10.8. The van der Waals surface area contributed by atoms with Gasteiger partial charge in [-0.2, -0.15) is 0 Å². The van der Waals surface area contributed by atoms with E-state index in [-0.39, 0.29) is 0 Å². The van der Waals surface area contributed by atoms with Gasteiger partial charge in [0.1, 0.15) is 5.75 Å². The van der Waals surface area contributed by atoms with Gasteiger partial charge < -0.3 is 4.74 Å². The maximum absolute atomic E-state index is 5.54. The fraction of sp³-hybridized carbons (Fsp3) is 0.467. The van der Waals surface area contributed by atoms with Crippen molar-refractivity contribution in [2.24, 2.45) is 5.92 Å². The van der Waals surface area contributed by atoms with Crippen molar-refractivity contribution in [2.45, 2.75) is 76.5 Å². The fourth-order valence-electron chi connectivity index (χ4n) is 5.43. The molecule has 1 heteroatoms. The van der Waals surface area contributed by atoms with E-state index in [9.17, 15) is 0 Å². The molecule has 0 aliphatic heterocycles. The van der Waals surface area contributed by atoms with Crippen LogP contribution in [0.2, 0.25) is 0 Å². The fourth-order valence-corrected chi connectivity index (χ4v) is 5.43. The van der Waals surface area contributed by atoms with Crippen LogP contribution in [-0.2, 0) is 0 Å². The number of rotatable bonds is 8. The molecule has 2 aliphatic rings. The van der Waals surface area contributed by atoms with Gasteiger partial charge in [0.05, 0.1) is 7.11 Å². The van der Waals surface area contributed by atoms with Crippen molar-refractivity contribution in [1.82, 2.24) is 0 Å². The molecule has 0 radical (unpaired) electrons. The molecule has 0 bridgehead atoms. The third-order valence-corrected chi connectivity index (χ3v) is 7.42. The molecule has 1 atom stereocenters. The summed E-state index contributed by atoms with van der Waals surface area (Å²) in [5.41, 5.74) is 5.44. The normalized spacial score (nSPS) is 23.4. The van der Waals surface area contributed by atoms with E-state index in [1.165, 1.54) is 68.1 Å². The Morgan fingerprint density at radius 2 is 1.61 bits per heavy atom. The summed E-state index contributed by atoms with van der Waals surface area (Å²) in [6, 6.07) is 17.8. The number of unbranched alkanes of at least 4 members (excludes halogenated alkanes) is 2. The zero-order valence-corrected chi connectivity index (χ0v) is 19.4. The lowest BCUT2D eigenvalue weighted by Crippen LogP contribution is -2.13. The Kier molecular flexibility index (Phi) is 7.67. The van der Waals surface area contributed by atoms with E-state index in [1.807, 2.05) is 12.1 Å². The zero-order chi connectivity index (χ0) is 21.5. The zero-order valence-electron chi connectivity index (χ0n) is 19.4. The van der Waals surface area contributed by atoms with Gasteiger partial charge in [-0.05, 0) is 66.7 Å². The second-order valence-electron chi connectivity index (χ2n) is 9.44. The largest absolute Gasteiger partial charge is 0.496 e. The number of allylic oxidation sites excluding steroid dienone is 4. The van der Waals surface area contributed by atoms with E-state index in [2.05, 4.69) is 61.5 Å². The highest BCUT2D eigenvalue weighted by Crippen LogP contribution is 2.39. The van der Waals surface area contributed by atoms with Crippen molar-refractivity contribution >= 4 is 5.57 Å². The van der Waals surface area contributed by atoms with Crippen molar-refractivity contribution in [1.29, 1.82) is 0 Å². The summed E-state index contributed by atoms with van der Waals surface area (Å²) in [7, 11) is 1.75. The van der Waals surface area contributed by atoms with Crippen molar-refractivity contribution in [3.8, 4) is 5.75 Å². The summed E-state index contributed by atoms with van der Waals surface area (Å²) in [6.45, 7) is 2.30. The third-order valence-electron chi connectivity index (χ3n) is 7.42. The van der Waals surface area contributed by atoms with E-state index >= 15 is 0 Å². The molecule has 1 saturated carbocycles. The Bertz CT molecular complexity index is 881. The van der Waals surface area contributed by atoms with Gasteiger partial charge in [0.2, 0.25) is 0 Å². The summed E-state index contributed by atoms with van der Waals surface area (Å²) in [4.78, 5) is 0. The minimum Gasteiger partial charge on any atom is -0.496 e. The molecule has 1 unspecified atom stereocenters. The van der Waals surface area contributed by atoms with Crippen molar-refractivity contribution < 1.29 is 4.74 Å². The van der Waals surface area contributed by atoms with Crippen LogP contribution in [0.4, 0.5) is 0 Å². The van der Waals surface area contributed by atoms with Crippen LogP contribution >= 0.6 is 0 Å². The number of hydrogen-bond acceptors (Lipinski definition) is 1. The molecule has 31 heavy (non-hydrogen) atoms. The van der Waals surface area contributed by atoms with Gasteiger partial charge in [-0.3, -0.25) is 0 Å². The summed E-state index contributed by atoms with van der Waals surface area (Å²) in [6.07, 6.45) is 19.3. The first kappa shape index (κ1) is 21.9. The van der Waals surface area contributed by atoms with Crippen LogP contribution in [0.5, 0.6) is 5.75 Å². The maximum atomic E-state index is 5.54. The molecule has 1 fully saturated rings. The van der Waals surface area contributed by atoms with Gasteiger partial charge in [0, 0.05) is 11.5 Å². The standard InChI is InChI=1S/C30H38O/c1-3-4-5-8-23-11-13-24(14-12-23)25-15-17-26(18-16-25)27-19-21-28(22-20-27)29-9-6-7-10-30(29)31-2/h6-7,9-10,15-19,21-24,27H,3-5,8,11-14,20H2,1-2H3. The lowest BCUT2D eigenvalue weighted by atomic mass is 9.76. The van der Waals surface area contributed by atoms with Gasteiger partial charge in [-0.25, -0.2) is 0 Å². The minimum atomic E-state index is 0.474. The number of para-hydroxylation sites is 1. The summed E-state index contributed by atoms with van der Waals surface area (Å²) < 4.78 is 5.54. The molecule has 0 amide bonds. The Morgan fingerprint density at radius 1 is 0.871 bits per heavy atom. The van der Waals surface area contributed by atoms with Gasteiger partial charge in [-0.15, -0.1) is 0 Å². The monoisotopic (exact) mass is 414 g/mol. The van der Waals surface area contributed by atoms with Gasteiger partial charge >= 0.3 is 0 Å². The van der Waals surface area contributed by atoms with Crippen LogP contribution in [0.3, 0.4) is 0 Å². The van der Waals surface area contributed by atoms with E-state index in [4.69, 9.17) is 4.74 Å². The highest BCUT2D eigenvalue weighted by atomic mass is 16.5. The van der Waals surface area contributed by atoms with Crippen LogP contribution in [-0.4, -0.2) is 7.11 Å². The molecule has 2 aromatic rings. The van der Waals surface area contributed by atoms with Crippen LogP contribution in [0.25, 0.3) is 5.57 Å². The number of hydrogen-bond donors (Lipinski definition) is 0. The topological polar surface area (TPSA) is 9.23 Å². The van der Waals surface area contributed by atoms with Crippen LogP contribution in [0.15, 0.2) is 66.8 Å². The quantitative estimate of drug-likeness (QED) is 0.393. The number of methoxy groups -OCH3 is 1. The molecule has 2 aromatic carbocycles. The molecule has 0 aromatic heterocycles. The first-order valence-corrected chi connectivity index (χ1v) is 12.4. The lowest BCUT2D eigenvalue weighted by molar-refractivity contribution is 0.303. The van der Waals surface area contributed by atoms with Gasteiger partial charge in [-0.1, -0.05) is 93.3 Å². The molecule has 0 spiro atoms. The van der Waals surface area contributed by atoms with Crippen molar-refractivity contribution in [3.05, 3.63) is 83.4 Å². The van der Waals surface area contributed by atoms with Crippen LogP contribution in [0, 0.1) is 5.92 Å². The summed E-state index contributed by atoms with van der Waals surface area (Å²) >= 11 is 0. The van der Waals surface area contributed by atoms with E-state index in [0.29, 0.717) is 5.92 Å². The highest BCUT2D eigenvalue weighted by molar-refractivity contribution is 5.78. The Labute approximate surface area is 189 Å². The Balaban J connectivity index is 1.33. The second-order valence-corrected chi connectivity index (χ2v) is 9.44. The molecule has 0 heterocycles. The predicted molar refractivity (Wildman–Crippen MR) is 133 cm³/mol. The third kappa shape index (κ3) is 5.50. The molecule has 0 saturated heterocycles. The first-order valence-electron chi connectivity index (χ1n) is 12.4. The lowest BCUT2D eigenvalue weighted by Gasteiger charge is -2.29. The number of ether oxygens (including phenoxy) is 1. The molecule has 1 nitrogen and oxygen atoms in total. The van der Waals surface area contributed by atoms with Gasteiger partial charge in [0.15, 0.2) is 0 Å². The summed E-state index contributed by atoms with van der Waals surface area (Å²) in [5, 5.41) is 0. The molecule has 0 N–H and O–H groups in total. The SMILES string of the molecule is CCCCCC1CCC(c2ccc(C3C=CC(c4ccccc4OC)=CC3)cc2)CC1. The highest BCUT2D eigenvalue weighted by Gasteiger charge is 2.22. The average Bonchev–Trinajstić information content (AvgIpc) is 2.85. The Morgan fingerprint density at radius 3 is 2.29 bits per heavy atom. The van der Waals surface area contributed by atoms with E-state index in [0.717, 1.165) is 24.0 Å². The van der Waals surface area contributed by atoms with Crippen molar-refractivity contribution in [3.63, 3.8) is 0 Å². The molecule has 2 aliphatic carbocycles. The van der Waals surface area contributed by atoms with Crippen LogP contribution in [0.1, 0.15) is 93.2 Å².